The van der Waals surface area contributed by atoms with Crippen molar-refractivity contribution < 1.29 is 28.2 Å². The third kappa shape index (κ3) is 3.90. The number of hydrogen-bond donors (Lipinski definition) is 2. The van der Waals surface area contributed by atoms with Crippen LogP contribution in [0.15, 0.2) is 24.3 Å². The second kappa shape index (κ2) is 7.70. The van der Waals surface area contributed by atoms with E-state index >= 15 is 0 Å². The molecule has 1 atom stereocenters. The van der Waals surface area contributed by atoms with Gasteiger partial charge in [0.25, 0.3) is 0 Å². The maximum absolute atomic E-state index is 12.9. The third-order valence-electron chi connectivity index (χ3n) is 4.46. The average molecular weight is 341 g/mol. The summed E-state index contributed by atoms with van der Waals surface area (Å²) in [6, 6.07) is 5.74. The van der Waals surface area contributed by atoms with Gasteiger partial charge >= 0.3 is 5.97 Å². The smallest absolute Gasteiger partial charge is 0.326 e. The van der Waals surface area contributed by atoms with E-state index in [0.717, 1.165) is 11.1 Å². The number of ether oxygens (including phenoxy) is 1. The van der Waals surface area contributed by atoms with E-state index in [2.05, 4.69) is 5.32 Å². The molecule has 1 aliphatic heterocycles. The number of carboxylic acid groups (broad SMARTS) is 1. The van der Waals surface area contributed by atoms with Crippen LogP contribution in [0.4, 0.5) is 8.78 Å². The molecule has 2 N–H and O–H groups in total. The Bertz CT molecular complexity index is 600. The molecule has 7 heteroatoms. The van der Waals surface area contributed by atoms with Crippen LogP contribution in [0.25, 0.3) is 0 Å². The minimum atomic E-state index is -2.81. The molecule has 0 aliphatic carbocycles. The first-order valence-corrected chi connectivity index (χ1v) is 7.82. The summed E-state index contributed by atoms with van der Waals surface area (Å²) in [6.45, 7) is 2.58. The molecule has 132 valence electrons. The molecule has 0 bridgehead atoms. The molecule has 1 saturated heterocycles. The van der Waals surface area contributed by atoms with Crippen LogP contribution >= 0.6 is 0 Å². The monoisotopic (exact) mass is 341 g/mol. The quantitative estimate of drug-likeness (QED) is 0.832. The molecule has 1 fully saturated rings. The zero-order valence-corrected chi connectivity index (χ0v) is 13.4. The third-order valence-corrected chi connectivity index (χ3v) is 4.46. The zero-order chi connectivity index (χ0) is 17.7. The molecule has 0 saturated carbocycles. The van der Waals surface area contributed by atoms with Gasteiger partial charge in [-0.1, -0.05) is 24.3 Å². The molecule has 1 heterocycles. The number of aliphatic carboxylic acids is 1. The Morgan fingerprint density at radius 1 is 1.29 bits per heavy atom. The Balaban J connectivity index is 2.32. The molecule has 1 unspecified atom stereocenters. The number of aryl methyl sites for hydroxylation is 1. The summed E-state index contributed by atoms with van der Waals surface area (Å²) in [4.78, 5) is 24.1. The number of nitrogens with one attached hydrogen (secondary N) is 1. The molecule has 0 spiro atoms. The van der Waals surface area contributed by atoms with E-state index < -0.39 is 36.2 Å². The summed E-state index contributed by atoms with van der Waals surface area (Å²) < 4.78 is 30.5. The lowest BCUT2D eigenvalue weighted by atomic mass is 9.71. The second-order valence-electron chi connectivity index (χ2n) is 6.00. The second-order valence-corrected chi connectivity index (χ2v) is 6.00. The van der Waals surface area contributed by atoms with Crippen molar-refractivity contribution >= 4 is 11.9 Å². The van der Waals surface area contributed by atoms with Gasteiger partial charge in [0.05, 0.1) is 5.41 Å². The van der Waals surface area contributed by atoms with Crippen molar-refractivity contribution in [2.24, 2.45) is 0 Å². The lowest BCUT2D eigenvalue weighted by Gasteiger charge is -2.38. The van der Waals surface area contributed by atoms with Crippen molar-refractivity contribution in [3.63, 3.8) is 0 Å². The minimum absolute atomic E-state index is 0.355. The Kier molecular flexibility index (Phi) is 5.88. The zero-order valence-electron chi connectivity index (χ0n) is 13.4. The van der Waals surface area contributed by atoms with E-state index in [4.69, 9.17) is 9.84 Å². The molecule has 5 nitrogen and oxygen atoms in total. The summed E-state index contributed by atoms with van der Waals surface area (Å²) >= 11 is 0. The van der Waals surface area contributed by atoms with Crippen molar-refractivity contribution in [1.29, 1.82) is 0 Å². The molecular weight excluding hydrogens is 320 g/mol. The molecule has 1 aromatic carbocycles. The lowest BCUT2D eigenvalue weighted by molar-refractivity contribution is -0.144. The van der Waals surface area contributed by atoms with Crippen molar-refractivity contribution in [1.82, 2.24) is 5.32 Å². The van der Waals surface area contributed by atoms with Gasteiger partial charge in [0.15, 0.2) is 0 Å². The molecule has 0 radical (unpaired) electrons. The Morgan fingerprint density at radius 2 is 1.92 bits per heavy atom. The van der Waals surface area contributed by atoms with Gasteiger partial charge in [-0.2, -0.15) is 0 Å². The van der Waals surface area contributed by atoms with Gasteiger partial charge in [-0.05, 0) is 30.9 Å². The predicted molar refractivity (Wildman–Crippen MR) is 83.1 cm³/mol. The minimum Gasteiger partial charge on any atom is -0.480 e. The van der Waals surface area contributed by atoms with Crippen molar-refractivity contribution in [2.45, 2.75) is 44.1 Å². The highest BCUT2D eigenvalue weighted by Crippen LogP contribution is 2.37. The standard InChI is InChI=1S/C17H21F2NO4/c1-11-4-2-3-5-12(11)17(6-8-24-9-7-17)16(23)20-13(15(21)22)10-14(18)19/h2-5,13-14H,6-10H2,1H3,(H,20,23)(H,21,22). The van der Waals surface area contributed by atoms with Gasteiger partial charge in [0.2, 0.25) is 12.3 Å². The number of hydrogen-bond acceptors (Lipinski definition) is 3. The van der Waals surface area contributed by atoms with Crippen LogP contribution in [-0.2, 0) is 19.7 Å². The van der Waals surface area contributed by atoms with E-state index in [-0.39, 0.29) is 0 Å². The Morgan fingerprint density at radius 3 is 2.46 bits per heavy atom. The number of alkyl halides is 2. The summed E-state index contributed by atoms with van der Waals surface area (Å²) in [6.07, 6.45) is -2.97. The Hall–Kier alpha value is -2.02. The topological polar surface area (TPSA) is 75.6 Å². The van der Waals surface area contributed by atoms with E-state index in [0.29, 0.717) is 26.1 Å². The van der Waals surface area contributed by atoms with Crippen molar-refractivity contribution in [3.05, 3.63) is 35.4 Å². The summed E-state index contributed by atoms with van der Waals surface area (Å²) in [5.41, 5.74) is 0.724. The normalized spacial score (nSPS) is 18.2. The van der Waals surface area contributed by atoms with Gasteiger partial charge in [-0.3, -0.25) is 4.79 Å². The van der Waals surface area contributed by atoms with Crippen molar-refractivity contribution in [3.8, 4) is 0 Å². The molecule has 1 aromatic rings. The van der Waals surface area contributed by atoms with Gasteiger partial charge in [0, 0.05) is 19.6 Å². The van der Waals surface area contributed by atoms with Gasteiger partial charge in [-0.25, -0.2) is 13.6 Å². The summed E-state index contributed by atoms with van der Waals surface area (Å²) in [5, 5.41) is 11.4. The highest BCUT2D eigenvalue weighted by atomic mass is 19.3. The first-order chi connectivity index (χ1) is 11.4. The number of halogens is 2. The molecule has 0 aromatic heterocycles. The average Bonchev–Trinajstić information content (AvgIpc) is 2.54. The van der Waals surface area contributed by atoms with Crippen LogP contribution in [-0.4, -0.2) is 42.7 Å². The van der Waals surface area contributed by atoms with E-state index in [1.807, 2.05) is 25.1 Å². The summed E-state index contributed by atoms with van der Waals surface area (Å²) in [5.74, 6) is -2.00. The number of carbonyl (C=O) groups excluding carboxylic acids is 1. The fourth-order valence-electron chi connectivity index (χ4n) is 3.14. The van der Waals surface area contributed by atoms with Gasteiger partial charge < -0.3 is 15.2 Å². The Labute approximate surface area is 139 Å². The number of benzene rings is 1. The molecular formula is C17H21F2NO4. The van der Waals surface area contributed by atoms with Gasteiger partial charge in [-0.15, -0.1) is 0 Å². The van der Waals surface area contributed by atoms with Crippen LogP contribution in [0.2, 0.25) is 0 Å². The largest absolute Gasteiger partial charge is 0.480 e. The number of amides is 1. The van der Waals surface area contributed by atoms with Crippen LogP contribution in [0.3, 0.4) is 0 Å². The van der Waals surface area contributed by atoms with Crippen LogP contribution in [0, 0.1) is 6.92 Å². The van der Waals surface area contributed by atoms with Crippen LogP contribution in [0.5, 0.6) is 0 Å². The van der Waals surface area contributed by atoms with Crippen LogP contribution in [0.1, 0.15) is 30.4 Å². The maximum atomic E-state index is 12.9. The number of carbonyl (C=O) groups is 2. The number of rotatable bonds is 6. The fourth-order valence-corrected chi connectivity index (χ4v) is 3.14. The molecule has 1 aliphatic rings. The fraction of sp³-hybridized carbons (Fsp3) is 0.529. The number of carboxylic acids is 1. The first kappa shape index (κ1) is 18.3. The maximum Gasteiger partial charge on any atom is 0.326 e. The van der Waals surface area contributed by atoms with Crippen LogP contribution < -0.4 is 5.32 Å². The lowest BCUT2D eigenvalue weighted by Crippen LogP contribution is -2.53. The highest BCUT2D eigenvalue weighted by molar-refractivity contribution is 5.92. The van der Waals surface area contributed by atoms with E-state index in [1.54, 1.807) is 6.07 Å². The molecule has 2 rings (SSSR count). The van der Waals surface area contributed by atoms with Crippen molar-refractivity contribution in [2.75, 3.05) is 13.2 Å². The van der Waals surface area contributed by atoms with E-state index in [9.17, 15) is 18.4 Å². The van der Waals surface area contributed by atoms with E-state index in [1.165, 1.54) is 0 Å². The summed E-state index contributed by atoms with van der Waals surface area (Å²) in [7, 11) is 0. The predicted octanol–water partition coefficient (Wildman–Crippen LogP) is 2.27. The first-order valence-electron chi connectivity index (χ1n) is 7.82. The molecule has 24 heavy (non-hydrogen) atoms. The SMILES string of the molecule is Cc1ccccc1C1(C(=O)NC(CC(F)F)C(=O)O)CCOCC1. The van der Waals surface area contributed by atoms with Gasteiger partial charge in [0.1, 0.15) is 6.04 Å². The highest BCUT2D eigenvalue weighted by Gasteiger charge is 2.44. The molecule has 1 amide bonds.